The third-order valence-corrected chi connectivity index (χ3v) is 4.52. The second-order valence-corrected chi connectivity index (χ2v) is 6.77. The van der Waals surface area contributed by atoms with Crippen LogP contribution in [-0.2, 0) is 9.84 Å². The summed E-state index contributed by atoms with van der Waals surface area (Å²) in [6.45, 7) is 3.29. The molecule has 1 N–H and O–H groups in total. The molecule has 0 spiro atoms. The van der Waals surface area contributed by atoms with Crippen LogP contribution in [0.2, 0.25) is 0 Å². The van der Waals surface area contributed by atoms with E-state index in [4.69, 9.17) is 4.74 Å². The van der Waals surface area contributed by atoms with E-state index in [1.54, 1.807) is 13.0 Å². The Kier molecular flexibility index (Phi) is 5.75. The van der Waals surface area contributed by atoms with Crippen molar-refractivity contribution in [3.8, 4) is 5.75 Å². The van der Waals surface area contributed by atoms with Gasteiger partial charge in [0, 0.05) is 17.4 Å². The lowest BCUT2D eigenvalue weighted by molar-refractivity contribution is 0.194. The van der Waals surface area contributed by atoms with E-state index in [1.807, 2.05) is 0 Å². The Bertz CT molecular complexity index is 511. The van der Waals surface area contributed by atoms with Gasteiger partial charge in [-0.05, 0) is 25.5 Å². The molecule has 0 amide bonds. The van der Waals surface area contributed by atoms with Crippen LogP contribution in [0.3, 0.4) is 0 Å². The van der Waals surface area contributed by atoms with Gasteiger partial charge in [0.2, 0.25) is 0 Å². The normalized spacial score (nSPS) is 13.3. The minimum absolute atomic E-state index is 0.0672. The first-order valence-electron chi connectivity index (χ1n) is 6.16. The summed E-state index contributed by atoms with van der Waals surface area (Å²) in [5.41, 5.74) is 0.209. The zero-order valence-electron chi connectivity index (χ0n) is 11.1. The third kappa shape index (κ3) is 5.16. The maximum absolute atomic E-state index is 13.5. The van der Waals surface area contributed by atoms with Gasteiger partial charge in [-0.1, -0.05) is 6.92 Å². The van der Waals surface area contributed by atoms with Gasteiger partial charge in [-0.3, -0.25) is 0 Å². The zero-order valence-corrected chi connectivity index (χ0v) is 11.9. The number of rotatable bonds is 7. The Morgan fingerprint density at radius 3 is 2.63 bits per heavy atom. The number of hydrogen-bond donors (Lipinski definition) is 1. The quantitative estimate of drug-likeness (QED) is 0.781. The summed E-state index contributed by atoms with van der Waals surface area (Å²) in [5, 5.41) is 9.28. The van der Waals surface area contributed by atoms with E-state index in [1.165, 1.54) is 19.1 Å². The maximum atomic E-state index is 13.5. The summed E-state index contributed by atoms with van der Waals surface area (Å²) >= 11 is 0. The van der Waals surface area contributed by atoms with E-state index in [9.17, 15) is 17.9 Å². The number of halogens is 1. The molecular weight excluding hydrogens is 271 g/mol. The first-order chi connectivity index (χ1) is 8.85. The molecule has 0 aliphatic carbocycles. The smallest absolute Gasteiger partial charge is 0.150 e. The van der Waals surface area contributed by atoms with Crippen molar-refractivity contribution in [2.24, 2.45) is 0 Å². The highest BCUT2D eigenvalue weighted by Crippen LogP contribution is 2.21. The molecule has 0 aliphatic heterocycles. The highest BCUT2D eigenvalue weighted by molar-refractivity contribution is 7.91. The average molecular weight is 290 g/mol. The van der Waals surface area contributed by atoms with Crippen LogP contribution in [0.1, 0.15) is 31.9 Å². The molecule has 0 saturated carbocycles. The number of benzene rings is 1. The van der Waals surface area contributed by atoms with Gasteiger partial charge in [0.15, 0.2) is 0 Å². The van der Waals surface area contributed by atoms with Gasteiger partial charge in [-0.15, -0.1) is 0 Å². The van der Waals surface area contributed by atoms with Crippen molar-refractivity contribution in [3.63, 3.8) is 0 Å². The summed E-state index contributed by atoms with van der Waals surface area (Å²) in [6, 6.07) is 4.20. The highest BCUT2D eigenvalue weighted by Gasteiger charge is 2.10. The van der Waals surface area contributed by atoms with Crippen LogP contribution in [0.4, 0.5) is 4.39 Å². The fourth-order valence-electron chi connectivity index (χ4n) is 1.55. The molecule has 0 unspecified atom stereocenters. The van der Waals surface area contributed by atoms with Crippen molar-refractivity contribution >= 4 is 9.84 Å². The molecular formula is C13H19FO4S. The Labute approximate surface area is 113 Å². The SMILES string of the molecule is CCS(=O)(=O)CCCOc1ccc([C@@H](C)O)c(F)c1. The molecule has 0 bridgehead atoms. The molecule has 108 valence electrons. The van der Waals surface area contributed by atoms with Gasteiger partial charge in [0.25, 0.3) is 0 Å². The molecule has 0 heterocycles. The largest absolute Gasteiger partial charge is 0.493 e. The zero-order chi connectivity index (χ0) is 14.5. The molecule has 1 rings (SSSR count). The van der Waals surface area contributed by atoms with Gasteiger partial charge in [0.1, 0.15) is 21.4 Å². The molecule has 0 saturated heterocycles. The molecule has 19 heavy (non-hydrogen) atoms. The molecule has 0 fully saturated rings. The fraction of sp³-hybridized carbons (Fsp3) is 0.538. The first kappa shape index (κ1) is 15.9. The van der Waals surface area contributed by atoms with E-state index < -0.39 is 21.8 Å². The van der Waals surface area contributed by atoms with E-state index in [2.05, 4.69) is 0 Å². The Hall–Kier alpha value is -1.14. The van der Waals surface area contributed by atoms with E-state index >= 15 is 0 Å². The molecule has 0 aliphatic rings. The minimum atomic E-state index is -2.99. The summed E-state index contributed by atoms with van der Waals surface area (Å²) in [7, 11) is -2.99. The average Bonchev–Trinajstić information content (AvgIpc) is 2.34. The van der Waals surface area contributed by atoms with E-state index in [0.717, 1.165) is 0 Å². The number of aliphatic hydroxyl groups excluding tert-OH is 1. The van der Waals surface area contributed by atoms with Crippen LogP contribution in [0.15, 0.2) is 18.2 Å². The molecule has 4 nitrogen and oxygen atoms in total. The molecule has 6 heteroatoms. The molecule has 1 aromatic rings. The molecule has 1 atom stereocenters. The van der Waals surface area contributed by atoms with Crippen LogP contribution in [0, 0.1) is 5.82 Å². The Morgan fingerprint density at radius 1 is 1.42 bits per heavy atom. The summed E-state index contributed by atoms with van der Waals surface area (Å²) in [4.78, 5) is 0. The minimum Gasteiger partial charge on any atom is -0.493 e. The number of ether oxygens (including phenoxy) is 1. The topological polar surface area (TPSA) is 63.6 Å². The third-order valence-electron chi connectivity index (χ3n) is 2.73. The summed E-state index contributed by atoms with van der Waals surface area (Å²) in [5.74, 6) is -0.0212. The number of aliphatic hydroxyl groups is 1. The Balaban J connectivity index is 2.49. The van der Waals surface area contributed by atoms with Gasteiger partial charge in [-0.2, -0.15) is 0 Å². The lowest BCUT2D eigenvalue weighted by Crippen LogP contribution is -2.12. The fourth-order valence-corrected chi connectivity index (χ4v) is 2.40. The van der Waals surface area contributed by atoms with E-state index in [0.29, 0.717) is 12.2 Å². The van der Waals surface area contributed by atoms with Gasteiger partial charge < -0.3 is 9.84 Å². The molecule has 0 aromatic heterocycles. The summed E-state index contributed by atoms with van der Waals surface area (Å²) in [6.07, 6.45) is -0.501. The van der Waals surface area contributed by atoms with Crippen LogP contribution >= 0.6 is 0 Å². The van der Waals surface area contributed by atoms with Crippen LogP contribution in [-0.4, -0.2) is 31.6 Å². The summed E-state index contributed by atoms with van der Waals surface area (Å²) < 4.78 is 41.3. The molecule has 1 aromatic carbocycles. The van der Waals surface area contributed by atoms with Crippen molar-refractivity contribution in [1.29, 1.82) is 0 Å². The lowest BCUT2D eigenvalue weighted by Gasteiger charge is -2.10. The molecule has 0 radical (unpaired) electrons. The lowest BCUT2D eigenvalue weighted by atomic mass is 10.1. The second kappa shape index (κ2) is 6.86. The second-order valence-electron chi connectivity index (χ2n) is 4.30. The number of sulfone groups is 1. The van der Waals surface area contributed by atoms with Crippen LogP contribution < -0.4 is 4.74 Å². The monoisotopic (exact) mass is 290 g/mol. The predicted molar refractivity (Wildman–Crippen MR) is 71.5 cm³/mol. The van der Waals surface area contributed by atoms with Crippen molar-refractivity contribution in [3.05, 3.63) is 29.6 Å². The number of hydrogen-bond acceptors (Lipinski definition) is 4. The van der Waals surface area contributed by atoms with Gasteiger partial charge in [0.05, 0.1) is 18.5 Å². The highest BCUT2D eigenvalue weighted by atomic mass is 32.2. The van der Waals surface area contributed by atoms with E-state index in [-0.39, 0.29) is 23.7 Å². The predicted octanol–water partition coefficient (Wildman–Crippen LogP) is 2.08. The van der Waals surface area contributed by atoms with Crippen molar-refractivity contribution in [2.45, 2.75) is 26.4 Å². The van der Waals surface area contributed by atoms with Crippen molar-refractivity contribution in [2.75, 3.05) is 18.1 Å². The first-order valence-corrected chi connectivity index (χ1v) is 7.98. The van der Waals surface area contributed by atoms with Crippen LogP contribution in [0.5, 0.6) is 5.75 Å². The van der Waals surface area contributed by atoms with Crippen molar-refractivity contribution in [1.82, 2.24) is 0 Å². The standard InChI is InChI=1S/C13H19FO4S/c1-3-19(16,17)8-4-7-18-11-5-6-12(10(2)15)13(14)9-11/h5-6,9-10,15H,3-4,7-8H2,1-2H3/t10-/m1/s1. The van der Waals surface area contributed by atoms with Crippen molar-refractivity contribution < 1.29 is 22.7 Å². The van der Waals surface area contributed by atoms with Gasteiger partial charge in [-0.25, -0.2) is 12.8 Å². The van der Waals surface area contributed by atoms with Crippen LogP contribution in [0.25, 0.3) is 0 Å². The van der Waals surface area contributed by atoms with Gasteiger partial charge >= 0.3 is 0 Å². The Morgan fingerprint density at radius 2 is 2.11 bits per heavy atom. The maximum Gasteiger partial charge on any atom is 0.150 e.